The number of Topliss-reactive ketones (excluding diaryl/α,β-unsaturated/α-hetero) is 1. The first-order valence-corrected chi connectivity index (χ1v) is 6.45. The minimum Gasteiger partial charge on any atom is -0.292 e. The number of rotatable bonds is 3. The molecule has 0 aliphatic rings. The van der Waals surface area contributed by atoms with Crippen molar-refractivity contribution in [3.8, 4) is 0 Å². The first kappa shape index (κ1) is 12.0. The Bertz CT molecular complexity index is 557. The summed E-state index contributed by atoms with van der Waals surface area (Å²) in [7, 11) is 0. The SMILES string of the molecule is Cc1nc(C(=O)Cc2ccc(C)c(C)c2)cs1. The number of carbonyl (C=O) groups excluding carboxylic acids is 1. The molecule has 1 aromatic carbocycles. The number of aromatic nitrogens is 1. The van der Waals surface area contributed by atoms with Gasteiger partial charge in [-0.05, 0) is 37.5 Å². The van der Waals surface area contributed by atoms with Gasteiger partial charge in [0, 0.05) is 11.8 Å². The molecule has 0 N–H and O–H groups in total. The van der Waals surface area contributed by atoms with Gasteiger partial charge in [0.25, 0.3) is 0 Å². The number of nitrogens with zero attached hydrogens (tertiary/aromatic N) is 1. The maximum Gasteiger partial charge on any atom is 0.186 e. The summed E-state index contributed by atoms with van der Waals surface area (Å²) in [5.74, 6) is 0.0950. The fourth-order valence-electron chi connectivity index (χ4n) is 1.68. The van der Waals surface area contributed by atoms with E-state index in [2.05, 4.69) is 31.0 Å². The number of carbonyl (C=O) groups is 1. The van der Waals surface area contributed by atoms with Gasteiger partial charge in [-0.2, -0.15) is 0 Å². The molecule has 2 aromatic rings. The second kappa shape index (κ2) is 4.80. The Morgan fingerprint density at radius 3 is 2.59 bits per heavy atom. The molecule has 0 amide bonds. The van der Waals surface area contributed by atoms with Crippen molar-refractivity contribution < 1.29 is 4.79 Å². The van der Waals surface area contributed by atoms with Crippen molar-refractivity contribution in [3.05, 3.63) is 51.0 Å². The molecule has 0 spiro atoms. The maximum absolute atomic E-state index is 12.0. The summed E-state index contributed by atoms with van der Waals surface area (Å²) in [5, 5.41) is 2.77. The lowest BCUT2D eigenvalue weighted by Gasteiger charge is -2.03. The molecule has 0 radical (unpaired) electrons. The Balaban J connectivity index is 2.15. The Labute approximate surface area is 105 Å². The Hall–Kier alpha value is -1.48. The van der Waals surface area contributed by atoms with Crippen LogP contribution in [0.5, 0.6) is 0 Å². The molecule has 17 heavy (non-hydrogen) atoms. The van der Waals surface area contributed by atoms with E-state index in [1.165, 1.54) is 22.5 Å². The van der Waals surface area contributed by atoms with Crippen LogP contribution in [0.2, 0.25) is 0 Å². The van der Waals surface area contributed by atoms with E-state index in [9.17, 15) is 4.79 Å². The van der Waals surface area contributed by atoms with Gasteiger partial charge >= 0.3 is 0 Å². The molecule has 0 fully saturated rings. The molecule has 0 unspecified atom stereocenters. The van der Waals surface area contributed by atoms with Crippen molar-refractivity contribution in [1.29, 1.82) is 0 Å². The lowest BCUT2D eigenvalue weighted by molar-refractivity contribution is 0.0989. The third-order valence-corrected chi connectivity index (χ3v) is 3.61. The van der Waals surface area contributed by atoms with Crippen molar-refractivity contribution >= 4 is 17.1 Å². The Morgan fingerprint density at radius 2 is 2.00 bits per heavy atom. The number of ketones is 1. The van der Waals surface area contributed by atoms with Crippen LogP contribution in [0.3, 0.4) is 0 Å². The van der Waals surface area contributed by atoms with E-state index in [1.807, 2.05) is 18.4 Å². The largest absolute Gasteiger partial charge is 0.292 e. The molecule has 1 aromatic heterocycles. The van der Waals surface area contributed by atoms with Crippen LogP contribution in [0.25, 0.3) is 0 Å². The summed E-state index contributed by atoms with van der Waals surface area (Å²) in [4.78, 5) is 16.2. The molecule has 2 rings (SSSR count). The molecule has 2 nitrogen and oxygen atoms in total. The van der Waals surface area contributed by atoms with Gasteiger partial charge in [0.05, 0.1) is 5.01 Å². The summed E-state index contributed by atoms with van der Waals surface area (Å²) >= 11 is 1.52. The standard InChI is InChI=1S/C14H15NOS/c1-9-4-5-12(6-10(9)2)7-14(16)13-8-17-11(3)15-13/h4-6,8H,7H2,1-3H3. The van der Waals surface area contributed by atoms with Gasteiger partial charge in [-0.15, -0.1) is 11.3 Å². The Kier molecular flexibility index (Phi) is 3.38. The molecule has 0 saturated heterocycles. The monoisotopic (exact) mass is 245 g/mol. The highest BCUT2D eigenvalue weighted by Gasteiger charge is 2.10. The first-order valence-electron chi connectivity index (χ1n) is 5.57. The maximum atomic E-state index is 12.0. The van der Waals surface area contributed by atoms with Gasteiger partial charge in [-0.3, -0.25) is 4.79 Å². The summed E-state index contributed by atoms with van der Waals surface area (Å²) in [6, 6.07) is 6.15. The highest BCUT2D eigenvalue weighted by atomic mass is 32.1. The van der Waals surface area contributed by atoms with Crippen LogP contribution in [0.1, 0.15) is 32.2 Å². The minimum atomic E-state index is 0.0950. The molecule has 0 atom stereocenters. The summed E-state index contributed by atoms with van der Waals surface area (Å²) in [6.07, 6.45) is 0.435. The van der Waals surface area contributed by atoms with Crippen molar-refractivity contribution in [3.63, 3.8) is 0 Å². The van der Waals surface area contributed by atoms with Crippen LogP contribution in [-0.2, 0) is 6.42 Å². The molecule has 0 saturated carbocycles. The summed E-state index contributed by atoms with van der Waals surface area (Å²) in [5.41, 5.74) is 4.13. The van der Waals surface area contributed by atoms with E-state index in [0.717, 1.165) is 10.6 Å². The van der Waals surface area contributed by atoms with Crippen molar-refractivity contribution in [1.82, 2.24) is 4.98 Å². The Morgan fingerprint density at radius 1 is 1.24 bits per heavy atom. The van der Waals surface area contributed by atoms with Crippen LogP contribution >= 0.6 is 11.3 Å². The van der Waals surface area contributed by atoms with E-state index in [-0.39, 0.29) is 5.78 Å². The van der Waals surface area contributed by atoms with Crippen molar-refractivity contribution in [2.24, 2.45) is 0 Å². The third kappa shape index (κ3) is 2.80. The molecule has 0 bridgehead atoms. The lowest BCUT2D eigenvalue weighted by atomic mass is 10.0. The number of aryl methyl sites for hydroxylation is 3. The number of benzene rings is 1. The smallest absolute Gasteiger partial charge is 0.186 e. The van der Waals surface area contributed by atoms with Gasteiger partial charge in [0.15, 0.2) is 5.78 Å². The normalized spacial score (nSPS) is 10.5. The third-order valence-electron chi connectivity index (χ3n) is 2.84. The number of hydrogen-bond acceptors (Lipinski definition) is 3. The molecular weight excluding hydrogens is 230 g/mol. The predicted molar refractivity (Wildman–Crippen MR) is 70.8 cm³/mol. The highest BCUT2D eigenvalue weighted by Crippen LogP contribution is 2.14. The second-order valence-electron chi connectivity index (χ2n) is 4.27. The van der Waals surface area contributed by atoms with E-state index in [0.29, 0.717) is 12.1 Å². The zero-order valence-corrected chi connectivity index (χ0v) is 11.1. The molecule has 88 valence electrons. The molecule has 0 aliphatic carbocycles. The molecule has 1 heterocycles. The number of hydrogen-bond donors (Lipinski definition) is 0. The second-order valence-corrected chi connectivity index (χ2v) is 5.33. The number of thiazole rings is 1. The van der Waals surface area contributed by atoms with Gasteiger partial charge < -0.3 is 0 Å². The van der Waals surface area contributed by atoms with Gasteiger partial charge in [-0.25, -0.2) is 4.98 Å². The van der Waals surface area contributed by atoms with Crippen LogP contribution in [0.15, 0.2) is 23.6 Å². The minimum absolute atomic E-state index is 0.0950. The highest BCUT2D eigenvalue weighted by molar-refractivity contribution is 7.09. The van der Waals surface area contributed by atoms with Crippen molar-refractivity contribution in [2.75, 3.05) is 0 Å². The van der Waals surface area contributed by atoms with Crippen LogP contribution < -0.4 is 0 Å². The molecular formula is C14H15NOS. The molecule has 0 aliphatic heterocycles. The quantitative estimate of drug-likeness (QED) is 0.775. The average Bonchev–Trinajstić information content (AvgIpc) is 2.70. The van der Waals surface area contributed by atoms with Gasteiger partial charge in [-0.1, -0.05) is 18.2 Å². The lowest BCUT2D eigenvalue weighted by Crippen LogP contribution is -2.04. The average molecular weight is 245 g/mol. The summed E-state index contributed by atoms with van der Waals surface area (Å²) < 4.78 is 0. The zero-order valence-electron chi connectivity index (χ0n) is 10.3. The molecule has 3 heteroatoms. The van der Waals surface area contributed by atoms with E-state index < -0.39 is 0 Å². The summed E-state index contributed by atoms with van der Waals surface area (Å²) in [6.45, 7) is 6.05. The topological polar surface area (TPSA) is 30.0 Å². The van der Waals surface area contributed by atoms with Crippen LogP contribution in [-0.4, -0.2) is 10.8 Å². The van der Waals surface area contributed by atoms with E-state index in [1.54, 1.807) is 0 Å². The predicted octanol–water partition coefficient (Wildman–Crippen LogP) is 3.49. The first-order chi connectivity index (χ1) is 8.06. The van der Waals surface area contributed by atoms with Crippen molar-refractivity contribution in [2.45, 2.75) is 27.2 Å². The van der Waals surface area contributed by atoms with Crippen LogP contribution in [0, 0.1) is 20.8 Å². The van der Waals surface area contributed by atoms with Gasteiger partial charge in [0.2, 0.25) is 0 Å². The zero-order chi connectivity index (χ0) is 12.4. The fraction of sp³-hybridized carbons (Fsp3) is 0.286. The van der Waals surface area contributed by atoms with Crippen LogP contribution in [0.4, 0.5) is 0 Å². The fourth-order valence-corrected chi connectivity index (χ4v) is 2.30. The van der Waals surface area contributed by atoms with Gasteiger partial charge in [0.1, 0.15) is 5.69 Å². The van der Waals surface area contributed by atoms with E-state index in [4.69, 9.17) is 0 Å². The van der Waals surface area contributed by atoms with E-state index >= 15 is 0 Å².